The summed E-state index contributed by atoms with van der Waals surface area (Å²) in [5, 5.41) is 3.12. The van der Waals surface area contributed by atoms with Crippen molar-refractivity contribution < 1.29 is 52.4 Å². The van der Waals surface area contributed by atoms with Gasteiger partial charge in [-0.05, 0) is 30.7 Å². The van der Waals surface area contributed by atoms with Gasteiger partial charge in [0.2, 0.25) is 12.4 Å². The van der Waals surface area contributed by atoms with Crippen LogP contribution in [0.3, 0.4) is 0 Å². The first-order valence-corrected chi connectivity index (χ1v) is 13.4. The van der Waals surface area contributed by atoms with Gasteiger partial charge in [0.1, 0.15) is 18.5 Å². The van der Waals surface area contributed by atoms with Crippen LogP contribution in [-0.2, 0) is 42.9 Å². The summed E-state index contributed by atoms with van der Waals surface area (Å²) in [5.41, 5.74) is 0.882. The fourth-order valence-electron chi connectivity index (χ4n) is 4.29. The Labute approximate surface area is 247 Å². The number of halogens is 1. The number of rotatable bonds is 10. The number of hydrogen-bond donors (Lipinski definition) is 1. The number of esters is 4. The number of carbonyl (C=O) groups excluding carboxylic acids is 5. The van der Waals surface area contributed by atoms with E-state index in [2.05, 4.69) is 5.32 Å². The molecule has 6 atom stereocenters. The van der Waals surface area contributed by atoms with Gasteiger partial charge in [0.15, 0.2) is 12.2 Å². The molecule has 5 unspecified atom stereocenters. The van der Waals surface area contributed by atoms with Crippen molar-refractivity contribution >= 4 is 41.4 Å². The average Bonchev–Trinajstić information content (AvgIpc) is 2.91. The van der Waals surface area contributed by atoms with Crippen LogP contribution in [0.4, 0.5) is 0 Å². The lowest BCUT2D eigenvalue weighted by molar-refractivity contribution is -0.288. The highest BCUT2D eigenvalue weighted by Gasteiger charge is 2.53. The Morgan fingerprint density at radius 1 is 0.833 bits per heavy atom. The molecule has 0 bridgehead atoms. The van der Waals surface area contributed by atoms with Gasteiger partial charge in [0.05, 0.1) is 11.6 Å². The van der Waals surface area contributed by atoms with Crippen LogP contribution in [0.15, 0.2) is 48.5 Å². The van der Waals surface area contributed by atoms with Gasteiger partial charge < -0.3 is 33.7 Å². The number of carbonyl (C=O) groups is 5. The average molecular weight is 606 g/mol. The summed E-state index contributed by atoms with van der Waals surface area (Å²) < 4.78 is 33.4. The first-order valence-electron chi connectivity index (χ1n) is 13.0. The number of ether oxygens (including phenoxy) is 6. The minimum atomic E-state index is -1.52. The van der Waals surface area contributed by atoms with E-state index in [1.54, 1.807) is 6.92 Å². The summed E-state index contributed by atoms with van der Waals surface area (Å²) in [6.07, 6.45) is -7.00. The molecule has 1 amide bonds. The fourth-order valence-corrected chi connectivity index (χ4v) is 4.46. The zero-order valence-electron chi connectivity index (χ0n) is 23.7. The van der Waals surface area contributed by atoms with Crippen LogP contribution in [0.25, 0.3) is 0 Å². The molecule has 0 spiro atoms. The molecule has 13 heteroatoms. The summed E-state index contributed by atoms with van der Waals surface area (Å²) in [5.74, 6) is -3.55. The maximum Gasteiger partial charge on any atom is 0.303 e. The fraction of sp³-hybridized carbons (Fsp3) is 0.414. The number of hydrogen-bond acceptors (Lipinski definition) is 11. The highest BCUT2D eigenvalue weighted by atomic mass is 35.5. The van der Waals surface area contributed by atoms with Crippen molar-refractivity contribution in [1.29, 1.82) is 0 Å². The molecule has 2 aromatic rings. The van der Waals surface area contributed by atoms with Crippen LogP contribution in [0.2, 0.25) is 5.02 Å². The lowest BCUT2D eigenvalue weighted by atomic mass is 9.98. The van der Waals surface area contributed by atoms with Crippen molar-refractivity contribution in [3.05, 3.63) is 64.7 Å². The van der Waals surface area contributed by atoms with Gasteiger partial charge in [-0.2, -0.15) is 0 Å². The van der Waals surface area contributed by atoms with E-state index in [9.17, 15) is 24.0 Å². The highest BCUT2D eigenvalue weighted by Crippen LogP contribution is 2.33. The monoisotopic (exact) mass is 605 g/mol. The second-order valence-corrected chi connectivity index (χ2v) is 9.87. The zero-order valence-corrected chi connectivity index (χ0v) is 24.4. The Balaban J connectivity index is 2.00. The molecule has 226 valence electrons. The van der Waals surface area contributed by atoms with Crippen molar-refractivity contribution in [3.63, 3.8) is 0 Å². The van der Waals surface area contributed by atoms with E-state index in [0.29, 0.717) is 0 Å². The summed E-state index contributed by atoms with van der Waals surface area (Å²) >= 11 is 6.21. The third-order valence-electron chi connectivity index (χ3n) is 6.02. The maximum atomic E-state index is 13.4. The molecule has 3 rings (SSSR count). The van der Waals surface area contributed by atoms with Crippen molar-refractivity contribution in [1.82, 2.24) is 5.32 Å². The minimum Gasteiger partial charge on any atom is -0.463 e. The largest absolute Gasteiger partial charge is 0.463 e. The second kappa shape index (κ2) is 14.6. The molecule has 0 aromatic heterocycles. The van der Waals surface area contributed by atoms with Gasteiger partial charge in [-0.25, -0.2) is 0 Å². The second-order valence-electron chi connectivity index (χ2n) is 9.43. The third-order valence-corrected chi connectivity index (χ3v) is 6.26. The summed E-state index contributed by atoms with van der Waals surface area (Å²) in [4.78, 5) is 61.1. The lowest BCUT2D eigenvalue weighted by Gasteiger charge is -2.44. The van der Waals surface area contributed by atoms with E-state index in [4.69, 9.17) is 40.0 Å². The minimum absolute atomic E-state index is 0.0157. The summed E-state index contributed by atoms with van der Waals surface area (Å²) in [6.45, 7) is 5.87. The summed E-state index contributed by atoms with van der Waals surface area (Å²) in [6, 6.07) is 13.2. The van der Waals surface area contributed by atoms with Crippen molar-refractivity contribution in [2.75, 3.05) is 6.61 Å². The van der Waals surface area contributed by atoms with Crippen LogP contribution in [0, 0.1) is 0 Å². The standard InChI is InChI=1S/C29H32ClNO11/c1-15(20-9-7-6-8-10-20)31-28(36)22-13-21(30)11-12-23(22)41-29-27(40-19(5)35)26(39-18(4)34)25(38-17(3)33)24(42-29)14-37-16(2)32/h6-13,15,24-27,29H,14H2,1-5H3,(H,31,36)/t15-,24?,25?,26?,27?,29?/m0/s1. The Morgan fingerprint density at radius 3 is 2.02 bits per heavy atom. The first-order chi connectivity index (χ1) is 19.8. The van der Waals surface area contributed by atoms with Crippen LogP contribution in [0.1, 0.15) is 56.6 Å². The molecule has 2 aromatic carbocycles. The quantitative estimate of drug-likeness (QED) is 0.313. The van der Waals surface area contributed by atoms with Gasteiger partial charge in [-0.1, -0.05) is 41.9 Å². The SMILES string of the molecule is CC(=O)OCC1OC(Oc2ccc(Cl)cc2C(=O)N[C@@H](C)c2ccccc2)C(OC(C)=O)C(OC(C)=O)C1OC(C)=O. The molecule has 1 N–H and O–H groups in total. The molecule has 1 aliphatic rings. The van der Waals surface area contributed by atoms with E-state index >= 15 is 0 Å². The molecule has 0 saturated carbocycles. The van der Waals surface area contributed by atoms with E-state index in [-0.39, 0.29) is 22.4 Å². The van der Waals surface area contributed by atoms with E-state index in [0.717, 1.165) is 33.3 Å². The molecule has 1 heterocycles. The molecular weight excluding hydrogens is 574 g/mol. The number of benzene rings is 2. The van der Waals surface area contributed by atoms with Crippen molar-refractivity contribution in [2.24, 2.45) is 0 Å². The van der Waals surface area contributed by atoms with E-state index in [1.807, 2.05) is 30.3 Å². The Bertz CT molecular complexity index is 1300. The van der Waals surface area contributed by atoms with Crippen LogP contribution >= 0.6 is 11.6 Å². The van der Waals surface area contributed by atoms with Crippen molar-refractivity contribution in [2.45, 2.75) is 71.4 Å². The number of nitrogens with one attached hydrogen (secondary N) is 1. The van der Waals surface area contributed by atoms with Gasteiger partial charge in [-0.3, -0.25) is 24.0 Å². The Kier molecular flexibility index (Phi) is 11.3. The van der Waals surface area contributed by atoms with Gasteiger partial charge in [-0.15, -0.1) is 0 Å². The van der Waals surface area contributed by atoms with Crippen molar-refractivity contribution in [3.8, 4) is 5.75 Å². The lowest BCUT2D eigenvalue weighted by Crippen LogP contribution is -2.63. The first kappa shape index (κ1) is 32.4. The zero-order chi connectivity index (χ0) is 31.0. The smallest absolute Gasteiger partial charge is 0.303 e. The predicted octanol–water partition coefficient (Wildman–Crippen LogP) is 3.29. The molecule has 1 fully saturated rings. The molecule has 42 heavy (non-hydrogen) atoms. The van der Waals surface area contributed by atoms with E-state index < -0.39 is 67.1 Å². The van der Waals surface area contributed by atoms with E-state index in [1.165, 1.54) is 18.2 Å². The van der Waals surface area contributed by atoms with Gasteiger partial charge >= 0.3 is 23.9 Å². The Morgan fingerprint density at radius 2 is 1.43 bits per heavy atom. The highest BCUT2D eigenvalue weighted by molar-refractivity contribution is 6.31. The normalized spacial score (nSPS) is 22.2. The van der Waals surface area contributed by atoms with Crippen LogP contribution < -0.4 is 10.1 Å². The van der Waals surface area contributed by atoms with Crippen LogP contribution in [0.5, 0.6) is 5.75 Å². The van der Waals surface area contributed by atoms with Crippen LogP contribution in [-0.4, -0.2) is 67.1 Å². The van der Waals surface area contributed by atoms with Gasteiger partial charge in [0, 0.05) is 32.7 Å². The molecule has 0 radical (unpaired) electrons. The summed E-state index contributed by atoms with van der Waals surface area (Å²) in [7, 11) is 0. The Hall–Kier alpha value is -4.16. The molecule has 1 aliphatic heterocycles. The molecule has 0 aliphatic carbocycles. The maximum absolute atomic E-state index is 13.4. The molecular formula is C29H32ClNO11. The van der Waals surface area contributed by atoms with Gasteiger partial charge in [0.25, 0.3) is 5.91 Å². The third kappa shape index (κ3) is 8.92. The predicted molar refractivity (Wildman–Crippen MR) is 146 cm³/mol. The molecule has 1 saturated heterocycles. The molecule has 12 nitrogen and oxygen atoms in total. The number of amides is 1. The topological polar surface area (TPSA) is 153 Å².